The van der Waals surface area contributed by atoms with Gasteiger partial charge in [-0.25, -0.2) is 4.79 Å². The third-order valence-corrected chi connectivity index (χ3v) is 0.870. The number of aliphatic hydroxyl groups is 1. The Kier molecular flexibility index (Phi) is 3.34. The van der Waals surface area contributed by atoms with Gasteiger partial charge in [0.05, 0.1) is 0 Å². The molecule has 0 aromatic heterocycles. The second-order valence-corrected chi connectivity index (χ2v) is 1.70. The fourth-order valence-corrected chi connectivity index (χ4v) is 0.351. The Bertz CT molecular complexity index is 145. The smallest absolute Gasteiger partial charge is 0.332 e. The van der Waals surface area contributed by atoms with Crippen molar-refractivity contribution in [2.45, 2.75) is 12.5 Å². The quantitative estimate of drug-likeness (QED) is 0.398. The summed E-state index contributed by atoms with van der Waals surface area (Å²) < 4.78 is 0. The number of carbonyl (C=O) groups is 1. The maximum atomic E-state index is 9.84. The van der Waals surface area contributed by atoms with E-state index in [-0.39, 0.29) is 6.42 Å². The van der Waals surface area contributed by atoms with Gasteiger partial charge in [0, 0.05) is 11.3 Å². The van der Waals surface area contributed by atoms with E-state index in [1.807, 2.05) is 0 Å². The van der Waals surface area contributed by atoms with Crippen LogP contribution >= 0.6 is 0 Å². The monoisotopic (exact) mass is 149 g/mol. The highest BCUT2D eigenvalue weighted by Crippen LogP contribution is 1.90. The summed E-state index contributed by atoms with van der Waals surface area (Å²) in [5.74, 6) is -1.43. The Morgan fingerprint density at radius 1 is 1.70 bits per heavy atom. The molecule has 0 saturated carbocycles. The maximum Gasteiger partial charge on any atom is 0.332 e. The Hall–Kier alpha value is -1.17. The van der Waals surface area contributed by atoms with Crippen LogP contribution < -0.4 is 0 Å². The largest absolute Gasteiger partial charge is 0.479 e. The van der Waals surface area contributed by atoms with E-state index in [2.05, 4.69) is 0 Å². The number of carboxylic acids is 1. The van der Waals surface area contributed by atoms with Crippen LogP contribution in [-0.4, -0.2) is 33.8 Å². The van der Waals surface area contributed by atoms with Gasteiger partial charge in [-0.3, -0.25) is 10.1 Å². The molecule has 0 aromatic carbocycles. The molecule has 0 radical (unpaired) electrons. The Balaban J connectivity index is 3.49. The lowest BCUT2D eigenvalue weighted by atomic mass is 10.2. The van der Waals surface area contributed by atoms with Crippen molar-refractivity contribution >= 4 is 5.97 Å². The zero-order valence-corrected chi connectivity index (χ0v) is 5.06. The molecule has 0 amide bonds. The lowest BCUT2D eigenvalue weighted by Gasteiger charge is -1.98. The van der Waals surface area contributed by atoms with E-state index in [0.717, 1.165) is 0 Å². The Morgan fingerprint density at radius 3 is 2.50 bits per heavy atom. The molecule has 0 aromatic rings. The van der Waals surface area contributed by atoms with E-state index in [0.29, 0.717) is 0 Å². The van der Waals surface area contributed by atoms with Crippen molar-refractivity contribution in [3.63, 3.8) is 0 Å². The summed E-state index contributed by atoms with van der Waals surface area (Å²) in [4.78, 5) is 18.8. The Morgan fingerprint density at radius 2 is 2.20 bits per heavy atom. The molecule has 0 heterocycles. The number of hydrogen-bond donors (Lipinski definition) is 2. The number of nitrogens with zero attached hydrogens (tertiary/aromatic N) is 1. The molecular weight excluding hydrogens is 142 g/mol. The van der Waals surface area contributed by atoms with Gasteiger partial charge in [0.25, 0.3) is 0 Å². The van der Waals surface area contributed by atoms with Gasteiger partial charge >= 0.3 is 5.97 Å². The van der Waals surface area contributed by atoms with Gasteiger partial charge in [0.1, 0.15) is 0 Å². The number of carboxylic acid groups (broad SMARTS) is 1. The summed E-state index contributed by atoms with van der Waals surface area (Å²) in [6, 6.07) is 0. The van der Waals surface area contributed by atoms with Gasteiger partial charge in [-0.2, -0.15) is 0 Å². The van der Waals surface area contributed by atoms with Gasteiger partial charge in [-0.1, -0.05) is 0 Å². The molecule has 0 aliphatic rings. The van der Waals surface area contributed by atoms with E-state index >= 15 is 0 Å². The SMILES string of the molecule is O=C(O)C(O)CC[N+](=O)[O-]. The molecule has 0 aliphatic heterocycles. The normalized spacial score (nSPS) is 12.5. The van der Waals surface area contributed by atoms with Crippen molar-refractivity contribution in [3.05, 3.63) is 10.1 Å². The first-order chi connectivity index (χ1) is 4.54. The topological polar surface area (TPSA) is 101 Å². The van der Waals surface area contributed by atoms with Gasteiger partial charge in [0.2, 0.25) is 6.54 Å². The number of aliphatic hydroxyl groups excluding tert-OH is 1. The van der Waals surface area contributed by atoms with Crippen LogP contribution in [0.3, 0.4) is 0 Å². The molecule has 0 spiro atoms. The first kappa shape index (κ1) is 8.83. The maximum absolute atomic E-state index is 9.84. The molecular formula is C4H7NO5. The summed E-state index contributed by atoms with van der Waals surface area (Å²) in [6.07, 6.45) is -1.96. The molecule has 0 rings (SSSR count). The third kappa shape index (κ3) is 3.79. The summed E-state index contributed by atoms with van der Waals surface area (Å²) >= 11 is 0. The van der Waals surface area contributed by atoms with Crippen LogP contribution in [0.25, 0.3) is 0 Å². The fraction of sp³-hybridized carbons (Fsp3) is 0.750. The average molecular weight is 149 g/mol. The minimum absolute atomic E-state index is 0.345. The Labute approximate surface area is 56.2 Å². The highest BCUT2D eigenvalue weighted by molar-refractivity contribution is 5.71. The van der Waals surface area contributed by atoms with Crippen LogP contribution in [0.5, 0.6) is 0 Å². The second kappa shape index (κ2) is 3.78. The van der Waals surface area contributed by atoms with Gasteiger partial charge in [-0.15, -0.1) is 0 Å². The summed E-state index contributed by atoms with van der Waals surface area (Å²) in [5, 5.41) is 26.1. The number of aliphatic carboxylic acids is 1. The molecule has 1 unspecified atom stereocenters. The van der Waals surface area contributed by atoms with Crippen LogP contribution in [0.1, 0.15) is 6.42 Å². The van der Waals surface area contributed by atoms with Crippen LogP contribution in [0.4, 0.5) is 0 Å². The zero-order chi connectivity index (χ0) is 8.15. The summed E-state index contributed by atoms with van der Waals surface area (Å²) in [7, 11) is 0. The fourth-order valence-electron chi connectivity index (χ4n) is 0.351. The van der Waals surface area contributed by atoms with Gasteiger partial charge in [0.15, 0.2) is 6.10 Å². The highest BCUT2D eigenvalue weighted by Gasteiger charge is 2.15. The van der Waals surface area contributed by atoms with Crippen LogP contribution in [0.2, 0.25) is 0 Å². The predicted molar refractivity (Wildman–Crippen MR) is 30.1 cm³/mol. The molecule has 0 fully saturated rings. The van der Waals surface area contributed by atoms with E-state index < -0.39 is 23.5 Å². The van der Waals surface area contributed by atoms with Gasteiger partial charge in [-0.05, 0) is 0 Å². The summed E-state index contributed by atoms with van der Waals surface area (Å²) in [5.41, 5.74) is 0. The summed E-state index contributed by atoms with van der Waals surface area (Å²) in [6.45, 7) is -0.520. The van der Waals surface area contributed by atoms with Crippen molar-refractivity contribution < 1.29 is 19.9 Å². The number of hydrogen-bond acceptors (Lipinski definition) is 4. The minimum Gasteiger partial charge on any atom is -0.479 e. The molecule has 0 aliphatic carbocycles. The zero-order valence-electron chi connectivity index (χ0n) is 5.06. The highest BCUT2D eigenvalue weighted by atomic mass is 16.6. The number of rotatable bonds is 4. The van der Waals surface area contributed by atoms with Crippen molar-refractivity contribution in [1.29, 1.82) is 0 Å². The van der Waals surface area contributed by atoms with Gasteiger partial charge < -0.3 is 10.2 Å². The molecule has 6 nitrogen and oxygen atoms in total. The van der Waals surface area contributed by atoms with Crippen molar-refractivity contribution in [3.8, 4) is 0 Å². The van der Waals surface area contributed by atoms with E-state index in [1.54, 1.807) is 0 Å². The van der Waals surface area contributed by atoms with Crippen molar-refractivity contribution in [2.75, 3.05) is 6.54 Å². The molecule has 10 heavy (non-hydrogen) atoms. The first-order valence-corrected chi connectivity index (χ1v) is 2.56. The molecule has 0 saturated heterocycles. The van der Waals surface area contributed by atoms with Crippen molar-refractivity contribution in [2.24, 2.45) is 0 Å². The van der Waals surface area contributed by atoms with E-state index in [4.69, 9.17) is 10.2 Å². The minimum atomic E-state index is -1.62. The molecule has 0 bridgehead atoms. The molecule has 1 atom stereocenters. The van der Waals surface area contributed by atoms with Crippen LogP contribution in [-0.2, 0) is 4.79 Å². The standard InChI is InChI=1S/C4H7NO5/c6-3(4(7)8)1-2-5(9)10/h3,6H,1-2H2,(H,7,8). The number of nitro groups is 1. The molecule has 58 valence electrons. The first-order valence-electron chi connectivity index (χ1n) is 2.56. The van der Waals surface area contributed by atoms with Crippen molar-refractivity contribution in [1.82, 2.24) is 0 Å². The van der Waals surface area contributed by atoms with Crippen LogP contribution in [0.15, 0.2) is 0 Å². The van der Waals surface area contributed by atoms with E-state index in [1.165, 1.54) is 0 Å². The lowest BCUT2D eigenvalue weighted by Crippen LogP contribution is -2.22. The average Bonchev–Trinajstić information content (AvgIpc) is 1.82. The second-order valence-electron chi connectivity index (χ2n) is 1.70. The molecule has 2 N–H and O–H groups in total. The third-order valence-electron chi connectivity index (χ3n) is 0.870. The van der Waals surface area contributed by atoms with E-state index in [9.17, 15) is 14.9 Å². The predicted octanol–water partition coefficient (Wildman–Crippen LogP) is -0.901. The molecule has 6 heteroatoms. The van der Waals surface area contributed by atoms with Crippen LogP contribution in [0, 0.1) is 10.1 Å². The lowest BCUT2D eigenvalue weighted by molar-refractivity contribution is -0.481.